The highest BCUT2D eigenvalue weighted by atomic mass is 32.2. The average Bonchev–Trinajstić information content (AvgIpc) is 2.86. The van der Waals surface area contributed by atoms with Crippen molar-refractivity contribution in [1.29, 1.82) is 0 Å². The summed E-state index contributed by atoms with van der Waals surface area (Å²) in [6.07, 6.45) is 4.32. The molecule has 1 amide bonds. The van der Waals surface area contributed by atoms with E-state index in [9.17, 15) is 14.7 Å². The van der Waals surface area contributed by atoms with Crippen LogP contribution in [0.3, 0.4) is 0 Å². The first-order valence-electron chi connectivity index (χ1n) is 6.24. The summed E-state index contributed by atoms with van der Waals surface area (Å²) < 4.78 is 0.780. The van der Waals surface area contributed by atoms with Crippen LogP contribution in [0.25, 0.3) is 0 Å². The van der Waals surface area contributed by atoms with Crippen molar-refractivity contribution in [2.45, 2.75) is 24.1 Å². The van der Waals surface area contributed by atoms with Crippen LogP contribution in [0.1, 0.15) is 19.8 Å². The molecule has 0 saturated carbocycles. The second-order valence-electron chi connectivity index (χ2n) is 4.27. The molecule has 0 unspecified atom stereocenters. The number of thioether (sulfide) groups is 1. The fourth-order valence-corrected chi connectivity index (χ4v) is 3.66. The molecule has 8 heteroatoms. The molecule has 6 nitrogen and oxygen atoms in total. The number of carbonyl (C=O) groups excluding carboxylic acids is 2. The van der Waals surface area contributed by atoms with Crippen LogP contribution in [0.4, 0.5) is 5.13 Å². The topological polar surface area (TPSA) is 95.0 Å². The van der Waals surface area contributed by atoms with Crippen molar-refractivity contribution in [3.8, 4) is 0 Å². The van der Waals surface area contributed by atoms with E-state index in [1.807, 2.05) is 13.0 Å². The fraction of sp³-hybridized carbons (Fsp3) is 0.500. The third-order valence-electron chi connectivity index (χ3n) is 2.98. The highest BCUT2D eigenvalue weighted by Gasteiger charge is 2.30. The standard InChI is InChI=1S/C12H15N3O3S2/c1-2-19-12-15-14-11(20-12)13-9(16)7-5-3-4-6-8(7)10(17)18/h3-4,7-8H,2,5-6H2,1H3,(H,17,18)(H,13,14,16)/p-1/t7-,8+/m1/s1. The average molecular weight is 312 g/mol. The molecular formula is C12H14N3O3S2-. The number of nitrogens with one attached hydrogen (secondary N) is 1. The van der Waals surface area contributed by atoms with Gasteiger partial charge in [-0.15, -0.1) is 10.2 Å². The number of rotatable bonds is 5. The van der Waals surface area contributed by atoms with E-state index in [-0.39, 0.29) is 5.91 Å². The number of aliphatic carboxylic acids is 1. The Morgan fingerprint density at radius 2 is 2.10 bits per heavy atom. The maximum absolute atomic E-state index is 12.1. The van der Waals surface area contributed by atoms with E-state index in [1.54, 1.807) is 17.8 Å². The number of nitrogens with zero attached hydrogens (tertiary/aromatic N) is 2. The molecule has 0 aliphatic heterocycles. The summed E-state index contributed by atoms with van der Waals surface area (Å²) in [4.78, 5) is 23.2. The van der Waals surface area contributed by atoms with E-state index in [0.29, 0.717) is 18.0 Å². The van der Waals surface area contributed by atoms with Crippen LogP contribution in [0, 0.1) is 11.8 Å². The molecule has 0 radical (unpaired) electrons. The Morgan fingerprint density at radius 1 is 1.40 bits per heavy atom. The van der Waals surface area contributed by atoms with Gasteiger partial charge in [-0.25, -0.2) is 0 Å². The fourth-order valence-electron chi connectivity index (χ4n) is 2.00. The molecule has 0 saturated heterocycles. The largest absolute Gasteiger partial charge is 0.550 e. The lowest BCUT2D eigenvalue weighted by molar-refractivity contribution is -0.313. The van der Waals surface area contributed by atoms with Crippen molar-refractivity contribution in [2.24, 2.45) is 11.8 Å². The Kier molecular flexibility index (Phi) is 5.13. The Hall–Kier alpha value is -1.41. The maximum Gasteiger partial charge on any atom is 0.230 e. The summed E-state index contributed by atoms with van der Waals surface area (Å²) in [5.41, 5.74) is 0. The molecule has 2 atom stereocenters. The zero-order chi connectivity index (χ0) is 14.5. The van der Waals surface area contributed by atoms with E-state index in [1.165, 1.54) is 11.3 Å². The van der Waals surface area contributed by atoms with Crippen molar-refractivity contribution in [3.63, 3.8) is 0 Å². The summed E-state index contributed by atoms with van der Waals surface area (Å²) in [6, 6.07) is 0. The molecule has 20 heavy (non-hydrogen) atoms. The number of hydrogen-bond acceptors (Lipinski definition) is 7. The Morgan fingerprint density at radius 3 is 2.75 bits per heavy atom. The van der Waals surface area contributed by atoms with Crippen LogP contribution in [-0.4, -0.2) is 27.8 Å². The van der Waals surface area contributed by atoms with Gasteiger partial charge in [0.1, 0.15) is 0 Å². The predicted octanol–water partition coefficient (Wildman–Crippen LogP) is 0.921. The minimum atomic E-state index is -1.19. The summed E-state index contributed by atoms with van der Waals surface area (Å²) in [5.74, 6) is -2.04. The Labute approximate surface area is 124 Å². The number of carbonyl (C=O) groups is 2. The Bertz CT molecular complexity index is 530. The van der Waals surface area contributed by atoms with E-state index in [4.69, 9.17) is 0 Å². The van der Waals surface area contributed by atoms with Crippen LogP contribution in [0.2, 0.25) is 0 Å². The summed E-state index contributed by atoms with van der Waals surface area (Å²) in [7, 11) is 0. The van der Waals surface area contributed by atoms with Crippen LogP contribution in [0.5, 0.6) is 0 Å². The molecule has 1 N–H and O–H groups in total. The lowest BCUT2D eigenvalue weighted by atomic mass is 9.82. The second-order valence-corrected chi connectivity index (χ2v) is 6.76. The van der Waals surface area contributed by atoms with Crippen LogP contribution in [-0.2, 0) is 9.59 Å². The maximum atomic E-state index is 12.1. The van der Waals surface area contributed by atoms with E-state index >= 15 is 0 Å². The number of carboxylic acid groups (broad SMARTS) is 1. The summed E-state index contributed by atoms with van der Waals surface area (Å²) in [6.45, 7) is 2.00. The zero-order valence-electron chi connectivity index (χ0n) is 10.9. The quantitative estimate of drug-likeness (QED) is 0.493. The van der Waals surface area contributed by atoms with Gasteiger partial charge in [0, 0.05) is 11.9 Å². The normalized spacial score (nSPS) is 21.6. The monoisotopic (exact) mass is 312 g/mol. The first-order chi connectivity index (χ1) is 9.61. The summed E-state index contributed by atoms with van der Waals surface area (Å²) >= 11 is 2.83. The molecule has 1 heterocycles. The van der Waals surface area contributed by atoms with E-state index in [2.05, 4.69) is 15.5 Å². The van der Waals surface area contributed by atoms with Gasteiger partial charge in [-0.05, 0) is 18.6 Å². The van der Waals surface area contributed by atoms with Crippen molar-refractivity contribution >= 4 is 40.1 Å². The van der Waals surface area contributed by atoms with Gasteiger partial charge in [0.15, 0.2) is 4.34 Å². The van der Waals surface area contributed by atoms with Gasteiger partial charge in [0.25, 0.3) is 0 Å². The molecule has 0 fully saturated rings. The van der Waals surface area contributed by atoms with Crippen molar-refractivity contribution in [2.75, 3.05) is 11.1 Å². The lowest BCUT2D eigenvalue weighted by Gasteiger charge is -2.27. The van der Waals surface area contributed by atoms with Crippen LogP contribution in [0.15, 0.2) is 16.5 Å². The van der Waals surface area contributed by atoms with Gasteiger partial charge in [-0.3, -0.25) is 4.79 Å². The molecule has 108 valence electrons. The van der Waals surface area contributed by atoms with Crippen molar-refractivity contribution < 1.29 is 14.7 Å². The number of anilines is 1. The first kappa shape index (κ1) is 15.0. The minimum Gasteiger partial charge on any atom is -0.550 e. The van der Waals surface area contributed by atoms with Gasteiger partial charge >= 0.3 is 0 Å². The molecular weight excluding hydrogens is 298 g/mol. The van der Waals surface area contributed by atoms with Crippen molar-refractivity contribution in [1.82, 2.24) is 10.2 Å². The van der Waals surface area contributed by atoms with Gasteiger partial charge < -0.3 is 15.2 Å². The van der Waals surface area contributed by atoms with Gasteiger partial charge in [0.2, 0.25) is 11.0 Å². The van der Waals surface area contributed by atoms with Gasteiger partial charge in [-0.2, -0.15) is 0 Å². The zero-order valence-corrected chi connectivity index (χ0v) is 12.5. The second kappa shape index (κ2) is 6.85. The number of hydrogen-bond donors (Lipinski definition) is 1. The highest BCUT2D eigenvalue weighted by Crippen LogP contribution is 2.29. The third-order valence-corrected chi connectivity index (χ3v) is 4.83. The van der Waals surface area contributed by atoms with Gasteiger partial charge in [-0.1, -0.05) is 42.2 Å². The number of allylic oxidation sites excluding steroid dienone is 2. The number of amides is 1. The molecule has 1 aliphatic carbocycles. The highest BCUT2D eigenvalue weighted by molar-refractivity contribution is 8.01. The van der Waals surface area contributed by atoms with Crippen LogP contribution >= 0.6 is 23.1 Å². The smallest absolute Gasteiger partial charge is 0.230 e. The lowest BCUT2D eigenvalue weighted by Crippen LogP contribution is -2.41. The SMILES string of the molecule is CCSc1nnc(NC(=O)[C@@H]2CC=CC[C@@H]2C(=O)[O-])s1. The van der Waals surface area contributed by atoms with E-state index < -0.39 is 17.8 Å². The molecule has 0 spiro atoms. The molecule has 1 aromatic rings. The minimum absolute atomic E-state index is 0.327. The van der Waals surface area contributed by atoms with Crippen molar-refractivity contribution in [3.05, 3.63) is 12.2 Å². The molecule has 1 aromatic heterocycles. The predicted molar refractivity (Wildman–Crippen MR) is 75.3 cm³/mol. The molecule has 0 bridgehead atoms. The molecule has 2 rings (SSSR count). The third kappa shape index (κ3) is 3.57. The Balaban J connectivity index is 2.02. The summed E-state index contributed by atoms with van der Waals surface area (Å²) in [5, 5.41) is 21.9. The number of carboxylic acids is 1. The molecule has 0 aromatic carbocycles. The molecule has 1 aliphatic rings. The first-order valence-corrected chi connectivity index (χ1v) is 8.05. The number of aromatic nitrogens is 2. The van der Waals surface area contributed by atoms with Crippen LogP contribution < -0.4 is 10.4 Å². The van der Waals surface area contributed by atoms with E-state index in [0.717, 1.165) is 10.1 Å². The van der Waals surface area contributed by atoms with Gasteiger partial charge in [0.05, 0.1) is 5.92 Å².